The number of pyridine rings is 1. The number of nitrogens with one attached hydrogen (secondary N) is 1. The Bertz CT molecular complexity index is 1150. The van der Waals surface area contributed by atoms with E-state index >= 15 is 0 Å². The van der Waals surface area contributed by atoms with Gasteiger partial charge in [0.25, 0.3) is 0 Å². The van der Waals surface area contributed by atoms with Crippen molar-refractivity contribution >= 4 is 22.6 Å². The van der Waals surface area contributed by atoms with E-state index < -0.39 is 5.97 Å². The Kier molecular flexibility index (Phi) is 7.50. The molecule has 3 aromatic rings. The maximum atomic E-state index is 12.6. The Labute approximate surface area is 187 Å². The molecular formula is C25H27N3O4. The van der Waals surface area contributed by atoms with E-state index in [9.17, 15) is 10.1 Å². The highest BCUT2D eigenvalue weighted by Crippen LogP contribution is 2.31. The molecule has 1 aromatic heterocycles. The molecular weight excluding hydrogens is 406 g/mol. The fourth-order valence-corrected chi connectivity index (χ4v) is 3.61. The first kappa shape index (κ1) is 22.9. The second-order valence-electron chi connectivity index (χ2n) is 7.16. The number of rotatable bonds is 9. The van der Waals surface area contributed by atoms with Gasteiger partial charge in [-0.25, -0.2) is 4.79 Å². The van der Waals surface area contributed by atoms with E-state index in [0.29, 0.717) is 41.3 Å². The normalized spacial score (nSPS) is 10.5. The van der Waals surface area contributed by atoms with Crippen molar-refractivity contribution in [2.24, 2.45) is 0 Å². The van der Waals surface area contributed by atoms with Gasteiger partial charge in [-0.2, -0.15) is 5.26 Å². The van der Waals surface area contributed by atoms with Crippen LogP contribution in [0.15, 0.2) is 36.5 Å². The summed E-state index contributed by atoms with van der Waals surface area (Å²) in [5.74, 6) is 0.979. The summed E-state index contributed by atoms with van der Waals surface area (Å²) >= 11 is 0. The third-order valence-electron chi connectivity index (χ3n) is 5.18. The van der Waals surface area contributed by atoms with Crippen molar-refractivity contribution in [3.8, 4) is 17.6 Å². The van der Waals surface area contributed by atoms with Crippen LogP contribution >= 0.6 is 0 Å². The van der Waals surface area contributed by atoms with Crippen molar-refractivity contribution in [1.29, 1.82) is 5.26 Å². The van der Waals surface area contributed by atoms with E-state index in [1.165, 1.54) is 0 Å². The summed E-state index contributed by atoms with van der Waals surface area (Å²) in [6.45, 7) is 4.58. The lowest BCUT2D eigenvalue weighted by atomic mass is 10.0. The van der Waals surface area contributed by atoms with Gasteiger partial charge >= 0.3 is 5.97 Å². The molecule has 0 spiro atoms. The third kappa shape index (κ3) is 4.92. The van der Waals surface area contributed by atoms with Crippen molar-refractivity contribution in [2.45, 2.75) is 26.7 Å². The number of nitrogens with zero attached hydrogens (tertiary/aromatic N) is 2. The van der Waals surface area contributed by atoms with Crippen LogP contribution in [0.2, 0.25) is 0 Å². The average molecular weight is 434 g/mol. The molecule has 3 rings (SSSR count). The lowest BCUT2D eigenvalue weighted by Crippen LogP contribution is -2.13. The van der Waals surface area contributed by atoms with Gasteiger partial charge in [0.2, 0.25) is 0 Å². The Morgan fingerprint density at radius 1 is 1.09 bits per heavy atom. The lowest BCUT2D eigenvalue weighted by Gasteiger charge is -2.16. The van der Waals surface area contributed by atoms with E-state index in [4.69, 9.17) is 14.2 Å². The van der Waals surface area contributed by atoms with Gasteiger partial charge in [0.05, 0.1) is 43.7 Å². The number of carbonyl (C=O) groups is 1. The molecule has 0 aliphatic heterocycles. The SMILES string of the molecule is CCOC(=O)c1cnc2c(CC)cc(C#N)cc2c1NCCc1cc(OC)cc(OC)c1. The van der Waals surface area contributed by atoms with Crippen LogP contribution in [0.3, 0.4) is 0 Å². The molecule has 0 aliphatic rings. The van der Waals surface area contributed by atoms with Crippen LogP contribution in [0.4, 0.5) is 5.69 Å². The Hall–Kier alpha value is -3.79. The van der Waals surface area contributed by atoms with Crippen molar-refractivity contribution < 1.29 is 19.0 Å². The number of fused-ring (bicyclic) bond motifs is 1. The quantitative estimate of drug-likeness (QED) is 0.496. The van der Waals surface area contributed by atoms with Crippen molar-refractivity contribution in [3.63, 3.8) is 0 Å². The Morgan fingerprint density at radius 2 is 1.81 bits per heavy atom. The number of nitriles is 1. The predicted molar refractivity (Wildman–Crippen MR) is 124 cm³/mol. The van der Waals surface area contributed by atoms with Gasteiger partial charge in [-0.15, -0.1) is 0 Å². The first-order valence-electron chi connectivity index (χ1n) is 10.5. The van der Waals surface area contributed by atoms with E-state index in [1.54, 1.807) is 33.4 Å². The number of hydrogen-bond donors (Lipinski definition) is 1. The Balaban J connectivity index is 2.00. The van der Waals surface area contributed by atoms with Gasteiger partial charge in [0.15, 0.2) is 0 Å². The molecule has 2 aromatic carbocycles. The number of aromatic nitrogens is 1. The zero-order valence-corrected chi connectivity index (χ0v) is 18.8. The highest BCUT2D eigenvalue weighted by molar-refractivity contribution is 6.06. The standard InChI is InChI=1S/C25H27N3O4/c1-5-18-9-17(14-26)12-21-23(18)28-15-22(25(29)32-6-2)24(21)27-8-7-16-10-19(30-3)13-20(11-16)31-4/h9-13,15H,5-8H2,1-4H3,(H,27,28). The molecule has 0 atom stereocenters. The van der Waals surface area contributed by atoms with Crippen LogP contribution in [0.1, 0.15) is 40.9 Å². The van der Waals surface area contributed by atoms with Crippen LogP contribution in [0.5, 0.6) is 11.5 Å². The van der Waals surface area contributed by atoms with Crippen LogP contribution in [-0.2, 0) is 17.6 Å². The number of carbonyl (C=O) groups excluding carboxylic acids is 1. The number of ether oxygens (including phenoxy) is 3. The molecule has 0 radical (unpaired) electrons. The van der Waals surface area contributed by atoms with Crippen LogP contribution in [0, 0.1) is 11.3 Å². The minimum atomic E-state index is -0.451. The number of esters is 1. The molecule has 166 valence electrons. The first-order chi connectivity index (χ1) is 15.5. The summed E-state index contributed by atoms with van der Waals surface area (Å²) < 4.78 is 15.9. The van der Waals surface area contributed by atoms with Crippen molar-refractivity contribution in [3.05, 3.63) is 58.8 Å². The molecule has 7 heteroatoms. The zero-order chi connectivity index (χ0) is 23.1. The summed E-state index contributed by atoms with van der Waals surface area (Å²) in [4.78, 5) is 17.1. The lowest BCUT2D eigenvalue weighted by molar-refractivity contribution is 0.0527. The summed E-state index contributed by atoms with van der Waals surface area (Å²) in [5.41, 5.74) is 4.24. The molecule has 7 nitrogen and oxygen atoms in total. The Morgan fingerprint density at radius 3 is 2.41 bits per heavy atom. The maximum Gasteiger partial charge on any atom is 0.341 e. The van der Waals surface area contributed by atoms with Crippen LogP contribution in [-0.4, -0.2) is 38.3 Å². The van der Waals surface area contributed by atoms with Crippen molar-refractivity contribution in [2.75, 3.05) is 32.7 Å². The van der Waals surface area contributed by atoms with Gasteiger partial charge < -0.3 is 19.5 Å². The number of anilines is 1. The number of methoxy groups -OCH3 is 2. The van der Waals surface area contributed by atoms with Gasteiger partial charge in [0, 0.05) is 24.2 Å². The smallest absolute Gasteiger partial charge is 0.341 e. The molecule has 0 bridgehead atoms. The second kappa shape index (κ2) is 10.5. The predicted octanol–water partition coefficient (Wildman–Crippen LogP) is 4.52. The van der Waals surface area contributed by atoms with Gasteiger partial charge in [-0.05, 0) is 55.2 Å². The molecule has 1 N–H and O–H groups in total. The fourth-order valence-electron chi connectivity index (χ4n) is 3.61. The minimum absolute atomic E-state index is 0.262. The highest BCUT2D eigenvalue weighted by Gasteiger charge is 2.18. The second-order valence-corrected chi connectivity index (χ2v) is 7.16. The monoisotopic (exact) mass is 433 g/mol. The first-order valence-corrected chi connectivity index (χ1v) is 10.5. The van der Waals surface area contributed by atoms with E-state index in [2.05, 4.69) is 16.4 Å². The number of aryl methyl sites for hydroxylation is 1. The highest BCUT2D eigenvalue weighted by atomic mass is 16.5. The van der Waals surface area contributed by atoms with Gasteiger partial charge in [0.1, 0.15) is 17.1 Å². The van der Waals surface area contributed by atoms with E-state index in [-0.39, 0.29) is 6.61 Å². The topological polar surface area (TPSA) is 93.5 Å². The van der Waals surface area contributed by atoms with Crippen molar-refractivity contribution in [1.82, 2.24) is 4.98 Å². The average Bonchev–Trinajstić information content (AvgIpc) is 2.83. The molecule has 0 saturated carbocycles. The molecule has 32 heavy (non-hydrogen) atoms. The summed E-state index contributed by atoms with van der Waals surface area (Å²) in [7, 11) is 3.23. The molecule has 0 saturated heterocycles. The molecule has 0 aliphatic carbocycles. The van der Waals surface area contributed by atoms with Crippen LogP contribution < -0.4 is 14.8 Å². The van der Waals surface area contributed by atoms with E-state index in [1.807, 2.05) is 31.2 Å². The molecule has 0 fully saturated rings. The third-order valence-corrected chi connectivity index (χ3v) is 5.18. The minimum Gasteiger partial charge on any atom is -0.497 e. The summed E-state index contributed by atoms with van der Waals surface area (Å²) in [6, 6.07) is 11.5. The largest absolute Gasteiger partial charge is 0.497 e. The maximum absolute atomic E-state index is 12.6. The summed E-state index contributed by atoms with van der Waals surface area (Å²) in [6.07, 6.45) is 2.93. The summed E-state index contributed by atoms with van der Waals surface area (Å²) in [5, 5.41) is 13.6. The van der Waals surface area contributed by atoms with Gasteiger partial charge in [-0.1, -0.05) is 6.92 Å². The molecule has 0 unspecified atom stereocenters. The molecule has 1 heterocycles. The zero-order valence-electron chi connectivity index (χ0n) is 18.8. The molecule has 0 amide bonds. The number of hydrogen-bond acceptors (Lipinski definition) is 7. The van der Waals surface area contributed by atoms with Crippen LogP contribution in [0.25, 0.3) is 10.9 Å². The fraction of sp³-hybridized carbons (Fsp3) is 0.320. The van der Waals surface area contributed by atoms with E-state index in [0.717, 1.165) is 28.5 Å². The number of benzene rings is 2. The van der Waals surface area contributed by atoms with Gasteiger partial charge in [-0.3, -0.25) is 4.98 Å².